The van der Waals surface area contributed by atoms with E-state index in [0.717, 1.165) is 0 Å². The van der Waals surface area contributed by atoms with Crippen molar-refractivity contribution in [2.45, 2.75) is 0 Å². The molecule has 0 fully saturated rings. The maximum atomic E-state index is 11.5. The first-order valence-electron chi connectivity index (χ1n) is 8.30. The zero-order valence-corrected chi connectivity index (χ0v) is 14.6. The van der Waals surface area contributed by atoms with E-state index in [-0.39, 0.29) is 27.8 Å². The summed E-state index contributed by atoms with van der Waals surface area (Å²) in [5.74, 6) is 0. The lowest BCUT2D eigenvalue weighted by Gasteiger charge is -2.15. The molecule has 3 rings (SSSR count). The number of hydrogen-bond acceptors (Lipinski definition) is 5. The van der Waals surface area contributed by atoms with Crippen LogP contribution in [-0.4, -0.2) is 25.1 Å². The van der Waals surface area contributed by atoms with Crippen LogP contribution in [0.5, 0.6) is 0 Å². The monoisotopic (exact) mass is 367 g/mol. The van der Waals surface area contributed by atoms with E-state index in [9.17, 15) is 24.4 Å². The summed E-state index contributed by atoms with van der Waals surface area (Å²) in [4.78, 5) is 46.1. The van der Waals surface area contributed by atoms with Gasteiger partial charge in [0.1, 0.15) is 6.07 Å². The van der Waals surface area contributed by atoms with Crippen molar-refractivity contribution in [2.24, 2.45) is 0 Å². The van der Waals surface area contributed by atoms with Gasteiger partial charge in [-0.3, -0.25) is 19.2 Å². The number of nitriles is 1. The molecule has 0 aromatic heterocycles. The normalized spacial score (nSPS) is 9.96. The van der Waals surface area contributed by atoms with Gasteiger partial charge in [0.05, 0.1) is 5.56 Å². The molecule has 0 aliphatic heterocycles. The largest absolute Gasteiger partial charge is 0.298 e. The SMILES string of the molecule is N#Cc1c(-c2c(C=O)cccc2C=O)cccc1-c1c(C=O)cccc1C=O. The molecule has 0 spiro atoms. The highest BCUT2D eigenvalue weighted by atomic mass is 16.1. The van der Waals surface area contributed by atoms with Crippen LogP contribution in [0.2, 0.25) is 0 Å². The molecule has 0 radical (unpaired) electrons. The van der Waals surface area contributed by atoms with E-state index in [1.54, 1.807) is 54.6 Å². The van der Waals surface area contributed by atoms with Crippen molar-refractivity contribution in [3.63, 3.8) is 0 Å². The summed E-state index contributed by atoms with van der Waals surface area (Å²) >= 11 is 0. The predicted molar refractivity (Wildman–Crippen MR) is 104 cm³/mol. The van der Waals surface area contributed by atoms with E-state index < -0.39 is 0 Å². The third kappa shape index (κ3) is 3.04. The molecule has 0 saturated carbocycles. The molecular weight excluding hydrogens is 354 g/mol. The average molecular weight is 367 g/mol. The Bertz CT molecular complexity index is 1020. The highest BCUT2D eigenvalue weighted by Crippen LogP contribution is 2.37. The van der Waals surface area contributed by atoms with E-state index in [2.05, 4.69) is 6.07 Å². The van der Waals surface area contributed by atoms with Gasteiger partial charge in [-0.15, -0.1) is 0 Å². The number of carbonyl (C=O) groups excluding carboxylic acids is 4. The Balaban J connectivity index is 2.44. The Hall–Kier alpha value is -4.17. The number of aldehydes is 4. The van der Waals surface area contributed by atoms with E-state index >= 15 is 0 Å². The molecule has 0 atom stereocenters. The maximum Gasteiger partial charge on any atom is 0.150 e. The lowest BCUT2D eigenvalue weighted by molar-refractivity contribution is 0.111. The Labute approximate surface area is 160 Å². The lowest BCUT2D eigenvalue weighted by Crippen LogP contribution is -2.00. The third-order valence-corrected chi connectivity index (χ3v) is 4.48. The van der Waals surface area contributed by atoms with Gasteiger partial charge in [-0.2, -0.15) is 5.26 Å². The number of rotatable bonds is 6. The van der Waals surface area contributed by atoms with Gasteiger partial charge in [-0.1, -0.05) is 54.6 Å². The Morgan fingerprint density at radius 1 is 0.571 bits per heavy atom. The molecule has 5 nitrogen and oxygen atoms in total. The molecule has 28 heavy (non-hydrogen) atoms. The van der Waals surface area contributed by atoms with Crippen LogP contribution in [0, 0.1) is 11.3 Å². The maximum absolute atomic E-state index is 11.5. The first-order chi connectivity index (χ1) is 13.7. The van der Waals surface area contributed by atoms with Crippen molar-refractivity contribution in [3.8, 4) is 28.3 Å². The summed E-state index contributed by atoms with van der Waals surface area (Å²) in [6.45, 7) is 0. The van der Waals surface area contributed by atoms with Crippen LogP contribution < -0.4 is 0 Å². The van der Waals surface area contributed by atoms with Crippen LogP contribution in [0.3, 0.4) is 0 Å². The summed E-state index contributed by atoms with van der Waals surface area (Å²) in [6, 6.07) is 16.4. The van der Waals surface area contributed by atoms with Crippen LogP contribution in [0.4, 0.5) is 0 Å². The van der Waals surface area contributed by atoms with Gasteiger partial charge in [0.15, 0.2) is 25.1 Å². The van der Waals surface area contributed by atoms with E-state index in [0.29, 0.717) is 47.4 Å². The summed E-state index contributed by atoms with van der Waals surface area (Å²) in [5, 5.41) is 9.87. The standard InChI is InChI=1S/C23H13NO4/c24-10-21-19(22-15(11-25)4-1-5-16(22)12-26)8-3-9-20(21)23-17(13-27)6-2-7-18(23)14-28/h1-9,11-14H. The lowest BCUT2D eigenvalue weighted by atomic mass is 9.86. The fourth-order valence-electron chi connectivity index (χ4n) is 3.28. The van der Waals surface area contributed by atoms with E-state index in [1.165, 1.54) is 0 Å². The fourth-order valence-corrected chi connectivity index (χ4v) is 3.28. The minimum atomic E-state index is 0.164. The molecule has 3 aromatic rings. The zero-order valence-electron chi connectivity index (χ0n) is 14.6. The molecule has 0 saturated heterocycles. The minimum absolute atomic E-state index is 0.164. The van der Waals surface area contributed by atoms with Crippen molar-refractivity contribution in [1.29, 1.82) is 5.26 Å². The quantitative estimate of drug-likeness (QED) is 0.611. The average Bonchev–Trinajstić information content (AvgIpc) is 2.77. The van der Waals surface area contributed by atoms with Crippen LogP contribution >= 0.6 is 0 Å². The topological polar surface area (TPSA) is 92.1 Å². The Morgan fingerprint density at radius 2 is 0.893 bits per heavy atom. The zero-order chi connectivity index (χ0) is 20.1. The van der Waals surface area contributed by atoms with Crippen molar-refractivity contribution >= 4 is 25.1 Å². The molecule has 0 aliphatic rings. The van der Waals surface area contributed by atoms with E-state index in [1.807, 2.05) is 0 Å². The highest BCUT2D eigenvalue weighted by molar-refractivity contribution is 6.02. The second-order valence-electron chi connectivity index (χ2n) is 5.93. The number of carbonyl (C=O) groups is 4. The van der Waals surface area contributed by atoms with E-state index in [4.69, 9.17) is 0 Å². The van der Waals surface area contributed by atoms with Gasteiger partial charge in [-0.25, -0.2) is 0 Å². The number of hydrogen-bond donors (Lipinski definition) is 0. The molecule has 3 aromatic carbocycles. The minimum Gasteiger partial charge on any atom is -0.298 e. The molecule has 134 valence electrons. The first-order valence-corrected chi connectivity index (χ1v) is 8.30. The molecule has 0 heterocycles. The van der Waals surface area contributed by atoms with Crippen LogP contribution in [0.1, 0.15) is 47.0 Å². The van der Waals surface area contributed by atoms with Crippen molar-refractivity contribution in [1.82, 2.24) is 0 Å². The van der Waals surface area contributed by atoms with Crippen LogP contribution in [0.15, 0.2) is 54.6 Å². The van der Waals surface area contributed by atoms with Gasteiger partial charge in [0.2, 0.25) is 0 Å². The summed E-state index contributed by atoms with van der Waals surface area (Å²) in [7, 11) is 0. The van der Waals surface area contributed by atoms with Gasteiger partial charge in [-0.05, 0) is 0 Å². The van der Waals surface area contributed by atoms with Gasteiger partial charge in [0, 0.05) is 44.5 Å². The highest BCUT2D eigenvalue weighted by Gasteiger charge is 2.20. The molecule has 0 unspecified atom stereocenters. The van der Waals surface area contributed by atoms with Crippen molar-refractivity contribution < 1.29 is 19.2 Å². The number of benzene rings is 3. The molecule has 0 amide bonds. The molecule has 0 N–H and O–H groups in total. The smallest absolute Gasteiger partial charge is 0.150 e. The van der Waals surface area contributed by atoms with Crippen molar-refractivity contribution in [2.75, 3.05) is 0 Å². The molecular formula is C23H13NO4. The second-order valence-corrected chi connectivity index (χ2v) is 5.93. The first kappa shape index (κ1) is 18.6. The second kappa shape index (κ2) is 8.02. The number of nitrogens with zero attached hydrogens (tertiary/aromatic N) is 1. The fraction of sp³-hybridized carbons (Fsp3) is 0. The Kier molecular flexibility index (Phi) is 5.33. The predicted octanol–water partition coefficient (Wildman–Crippen LogP) is 4.14. The van der Waals surface area contributed by atoms with Crippen LogP contribution in [0.25, 0.3) is 22.3 Å². The summed E-state index contributed by atoms with van der Waals surface area (Å²) in [5.41, 5.74) is 2.64. The summed E-state index contributed by atoms with van der Waals surface area (Å²) < 4.78 is 0. The molecule has 5 heteroatoms. The van der Waals surface area contributed by atoms with Crippen LogP contribution in [-0.2, 0) is 0 Å². The van der Waals surface area contributed by atoms with Crippen molar-refractivity contribution in [3.05, 3.63) is 82.4 Å². The third-order valence-electron chi connectivity index (χ3n) is 4.48. The molecule has 0 bridgehead atoms. The van der Waals surface area contributed by atoms with Gasteiger partial charge in [0.25, 0.3) is 0 Å². The van der Waals surface area contributed by atoms with Gasteiger partial charge >= 0.3 is 0 Å². The molecule has 0 aliphatic carbocycles. The summed E-state index contributed by atoms with van der Waals surface area (Å²) in [6.07, 6.45) is 2.47. The van der Waals surface area contributed by atoms with Gasteiger partial charge < -0.3 is 0 Å². The Morgan fingerprint density at radius 3 is 1.18 bits per heavy atom.